The van der Waals surface area contributed by atoms with Gasteiger partial charge in [0.25, 0.3) is 0 Å². The molecule has 0 aromatic carbocycles. The Morgan fingerprint density at radius 2 is 1.38 bits per heavy atom. The van der Waals surface area contributed by atoms with Crippen LogP contribution in [0.5, 0.6) is 0 Å². The van der Waals surface area contributed by atoms with Gasteiger partial charge in [0.05, 0.1) is 0 Å². The van der Waals surface area contributed by atoms with Crippen molar-refractivity contribution in [2.45, 2.75) is 90.4 Å². The Balaban J connectivity index is 3.30. The van der Waals surface area contributed by atoms with Gasteiger partial charge in [0.1, 0.15) is 0 Å². The fraction of sp³-hybridized carbons (Fsp3) is 0.778. The van der Waals surface area contributed by atoms with Gasteiger partial charge in [-0.1, -0.05) is 57.9 Å². The number of aliphatic carboxylic acids is 1. The lowest BCUT2D eigenvalue weighted by atomic mass is 10.1. The monoisotopic (exact) mass is 296 g/mol. The van der Waals surface area contributed by atoms with Crippen molar-refractivity contribution in [2.75, 3.05) is 0 Å². The number of ketones is 1. The molecule has 1 N–H and O–H groups in total. The fourth-order valence-corrected chi connectivity index (χ4v) is 2.27. The summed E-state index contributed by atoms with van der Waals surface area (Å²) in [6.07, 6.45) is 16.7. The second-order valence-electron chi connectivity index (χ2n) is 5.73. The lowest BCUT2D eigenvalue weighted by Crippen LogP contribution is -1.93. The highest BCUT2D eigenvalue weighted by atomic mass is 16.4. The molecule has 21 heavy (non-hydrogen) atoms. The summed E-state index contributed by atoms with van der Waals surface area (Å²) in [7, 11) is 0. The molecule has 0 fully saturated rings. The molecule has 0 aliphatic rings. The number of carbonyl (C=O) groups is 2. The molecule has 0 saturated heterocycles. The van der Waals surface area contributed by atoms with E-state index < -0.39 is 5.97 Å². The van der Waals surface area contributed by atoms with E-state index in [1.807, 2.05) is 6.08 Å². The van der Waals surface area contributed by atoms with E-state index in [1.165, 1.54) is 25.7 Å². The van der Waals surface area contributed by atoms with Crippen molar-refractivity contribution in [1.29, 1.82) is 0 Å². The van der Waals surface area contributed by atoms with Gasteiger partial charge in [0.2, 0.25) is 0 Å². The van der Waals surface area contributed by atoms with Crippen LogP contribution in [0.3, 0.4) is 0 Å². The van der Waals surface area contributed by atoms with Crippen LogP contribution in [0.2, 0.25) is 0 Å². The van der Waals surface area contributed by atoms with Crippen LogP contribution in [0.1, 0.15) is 90.4 Å². The van der Waals surface area contributed by atoms with E-state index in [4.69, 9.17) is 5.11 Å². The lowest BCUT2D eigenvalue weighted by molar-refractivity contribution is -0.137. The van der Waals surface area contributed by atoms with Gasteiger partial charge in [-0.25, -0.2) is 0 Å². The summed E-state index contributed by atoms with van der Waals surface area (Å²) in [6.45, 7) is 2.19. The van der Waals surface area contributed by atoms with E-state index in [1.54, 1.807) is 6.08 Å². The van der Waals surface area contributed by atoms with E-state index in [2.05, 4.69) is 6.92 Å². The van der Waals surface area contributed by atoms with Crippen molar-refractivity contribution >= 4 is 11.8 Å². The maximum Gasteiger partial charge on any atom is 0.303 e. The summed E-state index contributed by atoms with van der Waals surface area (Å²) in [4.78, 5) is 21.9. The highest BCUT2D eigenvalue weighted by Gasteiger charge is 1.97. The van der Waals surface area contributed by atoms with Crippen molar-refractivity contribution < 1.29 is 14.7 Å². The molecule has 0 spiro atoms. The van der Waals surface area contributed by atoms with E-state index >= 15 is 0 Å². The van der Waals surface area contributed by atoms with Crippen molar-refractivity contribution in [3.05, 3.63) is 12.2 Å². The van der Waals surface area contributed by atoms with Crippen molar-refractivity contribution in [1.82, 2.24) is 0 Å². The summed E-state index contributed by atoms with van der Waals surface area (Å²) in [6, 6.07) is 0. The Kier molecular flexibility index (Phi) is 14.5. The summed E-state index contributed by atoms with van der Waals surface area (Å²) >= 11 is 0. The Labute approximate surface area is 129 Å². The number of carbonyl (C=O) groups excluding carboxylic acids is 1. The number of hydrogen-bond donors (Lipinski definition) is 1. The first-order valence-electron chi connectivity index (χ1n) is 8.58. The quantitative estimate of drug-likeness (QED) is 0.330. The number of carboxylic acids is 1. The molecule has 0 aliphatic carbocycles. The number of rotatable bonds is 15. The Hall–Kier alpha value is -1.12. The maximum absolute atomic E-state index is 11.6. The minimum Gasteiger partial charge on any atom is -0.481 e. The molecule has 0 heterocycles. The zero-order valence-electron chi connectivity index (χ0n) is 13.6. The summed E-state index contributed by atoms with van der Waals surface area (Å²) in [5.41, 5.74) is 0. The summed E-state index contributed by atoms with van der Waals surface area (Å²) < 4.78 is 0. The van der Waals surface area contributed by atoms with Gasteiger partial charge in [-0.3, -0.25) is 9.59 Å². The minimum absolute atomic E-state index is 0.257. The lowest BCUT2D eigenvalue weighted by Gasteiger charge is -1.99. The zero-order valence-corrected chi connectivity index (χ0v) is 13.6. The van der Waals surface area contributed by atoms with Gasteiger partial charge in [0, 0.05) is 12.8 Å². The molecule has 0 radical (unpaired) electrons. The Morgan fingerprint density at radius 3 is 2.05 bits per heavy atom. The number of carboxylic acid groups (broad SMARTS) is 1. The number of hydrogen-bond acceptors (Lipinski definition) is 2. The molecule has 0 amide bonds. The molecule has 0 aromatic rings. The first kappa shape index (κ1) is 19.9. The second-order valence-corrected chi connectivity index (χ2v) is 5.73. The largest absolute Gasteiger partial charge is 0.481 e. The highest BCUT2D eigenvalue weighted by molar-refractivity contribution is 5.89. The molecule has 0 bridgehead atoms. The van der Waals surface area contributed by atoms with Gasteiger partial charge < -0.3 is 5.11 Å². The van der Waals surface area contributed by atoms with Crippen molar-refractivity contribution in [2.24, 2.45) is 0 Å². The fourth-order valence-electron chi connectivity index (χ4n) is 2.27. The summed E-state index contributed by atoms with van der Waals surface area (Å²) in [5.74, 6) is -0.445. The normalized spacial score (nSPS) is 11.1. The average molecular weight is 296 g/mol. The van der Waals surface area contributed by atoms with Crippen LogP contribution in [-0.4, -0.2) is 16.9 Å². The molecule has 0 saturated carbocycles. The first-order chi connectivity index (χ1) is 10.2. The van der Waals surface area contributed by atoms with Crippen LogP contribution >= 0.6 is 0 Å². The average Bonchev–Trinajstić information content (AvgIpc) is 2.45. The van der Waals surface area contributed by atoms with E-state index in [0.29, 0.717) is 6.42 Å². The molecule has 0 rings (SSSR count). The van der Waals surface area contributed by atoms with E-state index in [9.17, 15) is 9.59 Å². The molecule has 0 atom stereocenters. The molecule has 3 heteroatoms. The Bertz CT molecular complexity index is 295. The third-order valence-corrected chi connectivity index (χ3v) is 3.59. The SMILES string of the molecule is CCCCCCCC(=O)C=CCCCCCCCC(=O)O. The summed E-state index contributed by atoms with van der Waals surface area (Å²) in [5, 5.41) is 8.50. The standard InChI is InChI=1S/C18H32O3/c1-2-3-4-8-11-14-17(19)15-12-9-6-5-7-10-13-16-18(20)21/h12,15H,2-11,13-14,16H2,1H3,(H,20,21). The minimum atomic E-state index is -0.703. The van der Waals surface area contributed by atoms with Gasteiger partial charge in [-0.2, -0.15) is 0 Å². The smallest absolute Gasteiger partial charge is 0.303 e. The van der Waals surface area contributed by atoms with Gasteiger partial charge >= 0.3 is 5.97 Å². The molecule has 0 aromatic heterocycles. The molecule has 0 unspecified atom stereocenters. The molecular weight excluding hydrogens is 264 g/mol. The Morgan fingerprint density at radius 1 is 0.810 bits per heavy atom. The maximum atomic E-state index is 11.6. The third kappa shape index (κ3) is 16.8. The van der Waals surface area contributed by atoms with Gasteiger partial charge in [0.15, 0.2) is 5.78 Å². The third-order valence-electron chi connectivity index (χ3n) is 3.59. The second kappa shape index (κ2) is 15.3. The molecule has 3 nitrogen and oxygen atoms in total. The molecular formula is C18H32O3. The molecule has 122 valence electrons. The zero-order chi connectivity index (χ0) is 15.8. The number of unbranched alkanes of at least 4 members (excludes halogenated alkanes) is 9. The van der Waals surface area contributed by atoms with Crippen LogP contribution in [0.25, 0.3) is 0 Å². The van der Waals surface area contributed by atoms with Crippen LogP contribution in [0.4, 0.5) is 0 Å². The van der Waals surface area contributed by atoms with Crippen LogP contribution in [-0.2, 0) is 9.59 Å². The van der Waals surface area contributed by atoms with E-state index in [-0.39, 0.29) is 12.2 Å². The van der Waals surface area contributed by atoms with E-state index in [0.717, 1.165) is 44.9 Å². The highest BCUT2D eigenvalue weighted by Crippen LogP contribution is 2.08. The van der Waals surface area contributed by atoms with Crippen molar-refractivity contribution in [3.63, 3.8) is 0 Å². The predicted octanol–water partition coefficient (Wildman–Crippen LogP) is 5.29. The van der Waals surface area contributed by atoms with Gasteiger partial charge in [-0.05, 0) is 31.8 Å². The van der Waals surface area contributed by atoms with Crippen molar-refractivity contribution in [3.8, 4) is 0 Å². The van der Waals surface area contributed by atoms with Crippen LogP contribution in [0.15, 0.2) is 12.2 Å². The first-order valence-corrected chi connectivity index (χ1v) is 8.58. The topological polar surface area (TPSA) is 54.4 Å². The predicted molar refractivity (Wildman–Crippen MR) is 87.5 cm³/mol. The van der Waals surface area contributed by atoms with Crippen LogP contribution in [0, 0.1) is 0 Å². The van der Waals surface area contributed by atoms with Gasteiger partial charge in [-0.15, -0.1) is 0 Å². The molecule has 0 aliphatic heterocycles. The van der Waals surface area contributed by atoms with Crippen LogP contribution < -0.4 is 0 Å². The number of allylic oxidation sites excluding steroid dienone is 2.